The average molecular weight is 344 g/mol. The number of aromatic nitrogens is 4. The van der Waals surface area contributed by atoms with E-state index in [1.807, 2.05) is 0 Å². The monoisotopic (exact) mass is 343 g/mol. The number of hydrogen-bond donors (Lipinski definition) is 1. The van der Waals surface area contributed by atoms with Gasteiger partial charge in [-0.25, -0.2) is 14.6 Å². The minimum Gasteiger partial charge on any atom is -0.317 e. The van der Waals surface area contributed by atoms with Crippen molar-refractivity contribution in [2.45, 2.75) is 0 Å². The highest BCUT2D eigenvalue weighted by molar-refractivity contribution is 9.10. The molecular formula is C14H10BrN5O. The van der Waals surface area contributed by atoms with Crippen LogP contribution >= 0.6 is 15.9 Å². The Balaban J connectivity index is 1.88. The van der Waals surface area contributed by atoms with Crippen LogP contribution in [0.2, 0.25) is 0 Å². The SMILES string of the molecule is O=C(Nc1cccnc1-n1cccn1)c1ccc(Br)cn1. The zero-order valence-corrected chi connectivity index (χ0v) is 12.4. The molecule has 0 aromatic carbocycles. The fourth-order valence-corrected chi connectivity index (χ4v) is 2.00. The first-order chi connectivity index (χ1) is 10.2. The van der Waals surface area contributed by atoms with Crippen LogP contribution in [-0.4, -0.2) is 25.7 Å². The molecule has 104 valence electrons. The Morgan fingerprint density at radius 1 is 1.14 bits per heavy atom. The molecule has 0 saturated heterocycles. The van der Waals surface area contributed by atoms with Crippen LogP contribution in [0.1, 0.15) is 10.5 Å². The third-order valence-corrected chi connectivity index (χ3v) is 3.19. The second kappa shape index (κ2) is 5.84. The van der Waals surface area contributed by atoms with E-state index in [4.69, 9.17) is 0 Å². The maximum Gasteiger partial charge on any atom is 0.274 e. The van der Waals surface area contributed by atoms with E-state index in [1.54, 1.807) is 59.8 Å². The van der Waals surface area contributed by atoms with Crippen LogP contribution < -0.4 is 5.32 Å². The molecule has 0 aliphatic rings. The van der Waals surface area contributed by atoms with E-state index in [2.05, 4.69) is 36.3 Å². The van der Waals surface area contributed by atoms with Gasteiger partial charge in [0.05, 0.1) is 5.69 Å². The van der Waals surface area contributed by atoms with Gasteiger partial charge in [0, 0.05) is 29.3 Å². The van der Waals surface area contributed by atoms with Crippen LogP contribution in [0.25, 0.3) is 5.82 Å². The van der Waals surface area contributed by atoms with Crippen molar-refractivity contribution in [1.82, 2.24) is 19.7 Å². The van der Waals surface area contributed by atoms with Gasteiger partial charge in [0.15, 0.2) is 5.82 Å². The zero-order valence-electron chi connectivity index (χ0n) is 10.8. The van der Waals surface area contributed by atoms with Gasteiger partial charge in [-0.1, -0.05) is 0 Å². The molecule has 3 aromatic heterocycles. The number of nitrogens with zero attached hydrogens (tertiary/aromatic N) is 4. The van der Waals surface area contributed by atoms with Crippen LogP contribution in [0.4, 0.5) is 5.69 Å². The summed E-state index contributed by atoms with van der Waals surface area (Å²) in [7, 11) is 0. The molecule has 0 aliphatic heterocycles. The Hall–Kier alpha value is -2.54. The topological polar surface area (TPSA) is 72.7 Å². The summed E-state index contributed by atoms with van der Waals surface area (Å²) in [6, 6.07) is 8.71. The van der Waals surface area contributed by atoms with Gasteiger partial charge in [-0.15, -0.1) is 0 Å². The number of amides is 1. The maximum atomic E-state index is 12.2. The first-order valence-corrected chi connectivity index (χ1v) is 6.91. The van der Waals surface area contributed by atoms with Crippen molar-refractivity contribution in [1.29, 1.82) is 0 Å². The third kappa shape index (κ3) is 2.97. The number of pyridine rings is 2. The lowest BCUT2D eigenvalue weighted by molar-refractivity contribution is 0.102. The zero-order chi connectivity index (χ0) is 14.7. The Bertz CT molecular complexity index is 755. The minimum absolute atomic E-state index is 0.302. The quantitative estimate of drug-likeness (QED) is 0.793. The molecule has 3 heterocycles. The fraction of sp³-hybridized carbons (Fsp3) is 0. The van der Waals surface area contributed by atoms with Crippen molar-refractivity contribution in [2.75, 3.05) is 5.32 Å². The second-order valence-electron chi connectivity index (χ2n) is 4.14. The first-order valence-electron chi connectivity index (χ1n) is 6.12. The van der Waals surface area contributed by atoms with E-state index in [0.717, 1.165) is 4.47 Å². The fourth-order valence-electron chi connectivity index (χ4n) is 1.77. The van der Waals surface area contributed by atoms with Crippen molar-refractivity contribution in [3.63, 3.8) is 0 Å². The van der Waals surface area contributed by atoms with E-state index >= 15 is 0 Å². The Labute approximate surface area is 129 Å². The normalized spacial score (nSPS) is 10.3. The predicted molar refractivity (Wildman–Crippen MR) is 81.2 cm³/mol. The third-order valence-electron chi connectivity index (χ3n) is 2.72. The molecule has 3 rings (SSSR count). The average Bonchev–Trinajstić information content (AvgIpc) is 3.02. The summed E-state index contributed by atoms with van der Waals surface area (Å²) in [5, 5.41) is 6.91. The Kier molecular flexibility index (Phi) is 3.74. The number of halogens is 1. The van der Waals surface area contributed by atoms with Crippen LogP contribution in [-0.2, 0) is 0 Å². The molecule has 0 fully saturated rings. The lowest BCUT2D eigenvalue weighted by Gasteiger charge is -2.09. The van der Waals surface area contributed by atoms with Crippen LogP contribution in [0.5, 0.6) is 0 Å². The standard InChI is InChI=1S/C14H10BrN5O/c15-10-4-5-12(17-9-10)14(21)19-11-3-1-6-16-13(11)20-8-2-7-18-20/h1-9H,(H,19,21). The maximum absolute atomic E-state index is 12.2. The van der Waals surface area contributed by atoms with Crippen molar-refractivity contribution in [3.8, 4) is 5.82 Å². The van der Waals surface area contributed by atoms with Crippen LogP contribution in [0.3, 0.4) is 0 Å². The molecule has 3 aromatic rings. The van der Waals surface area contributed by atoms with E-state index in [0.29, 0.717) is 17.2 Å². The summed E-state index contributed by atoms with van der Waals surface area (Å²) in [6.45, 7) is 0. The summed E-state index contributed by atoms with van der Waals surface area (Å²) in [4.78, 5) is 20.5. The molecule has 0 radical (unpaired) electrons. The molecule has 0 bridgehead atoms. The van der Waals surface area contributed by atoms with Gasteiger partial charge in [-0.2, -0.15) is 5.10 Å². The number of carbonyl (C=O) groups excluding carboxylic acids is 1. The number of nitrogens with one attached hydrogen (secondary N) is 1. The van der Waals surface area contributed by atoms with Crippen molar-refractivity contribution in [2.24, 2.45) is 0 Å². The first kappa shape index (κ1) is 13.4. The molecule has 6 nitrogen and oxygen atoms in total. The molecule has 0 aliphatic carbocycles. The highest BCUT2D eigenvalue weighted by Gasteiger charge is 2.12. The van der Waals surface area contributed by atoms with E-state index in [-0.39, 0.29) is 5.91 Å². The molecule has 0 spiro atoms. The summed E-state index contributed by atoms with van der Waals surface area (Å²) < 4.78 is 2.41. The van der Waals surface area contributed by atoms with Crippen molar-refractivity contribution < 1.29 is 4.79 Å². The summed E-state index contributed by atoms with van der Waals surface area (Å²) in [6.07, 6.45) is 6.63. The minimum atomic E-state index is -0.302. The van der Waals surface area contributed by atoms with Gasteiger partial charge < -0.3 is 5.32 Å². The van der Waals surface area contributed by atoms with E-state index in [1.165, 1.54) is 0 Å². The molecular weight excluding hydrogens is 334 g/mol. The smallest absolute Gasteiger partial charge is 0.274 e. The van der Waals surface area contributed by atoms with Gasteiger partial charge in [-0.05, 0) is 46.3 Å². The molecule has 0 unspecified atom stereocenters. The van der Waals surface area contributed by atoms with E-state index in [9.17, 15) is 4.79 Å². The van der Waals surface area contributed by atoms with Crippen molar-refractivity contribution >= 4 is 27.5 Å². The van der Waals surface area contributed by atoms with Gasteiger partial charge in [-0.3, -0.25) is 4.79 Å². The van der Waals surface area contributed by atoms with Gasteiger partial charge >= 0.3 is 0 Å². The van der Waals surface area contributed by atoms with E-state index < -0.39 is 0 Å². The summed E-state index contributed by atoms with van der Waals surface area (Å²) in [5.74, 6) is 0.247. The molecule has 1 N–H and O–H groups in total. The van der Waals surface area contributed by atoms with Crippen LogP contribution in [0.15, 0.2) is 59.6 Å². The summed E-state index contributed by atoms with van der Waals surface area (Å²) >= 11 is 3.28. The largest absolute Gasteiger partial charge is 0.317 e. The molecule has 1 amide bonds. The van der Waals surface area contributed by atoms with Crippen LogP contribution in [0, 0.1) is 0 Å². The second-order valence-corrected chi connectivity index (χ2v) is 5.06. The Morgan fingerprint density at radius 3 is 2.76 bits per heavy atom. The number of hydrogen-bond acceptors (Lipinski definition) is 4. The van der Waals surface area contributed by atoms with Crippen molar-refractivity contribution in [3.05, 3.63) is 65.3 Å². The molecule has 21 heavy (non-hydrogen) atoms. The molecule has 0 atom stereocenters. The lowest BCUT2D eigenvalue weighted by atomic mass is 10.3. The van der Waals surface area contributed by atoms with Gasteiger partial charge in [0.25, 0.3) is 5.91 Å². The number of carbonyl (C=O) groups is 1. The lowest BCUT2D eigenvalue weighted by Crippen LogP contribution is -2.15. The molecule has 0 saturated carbocycles. The Morgan fingerprint density at radius 2 is 2.05 bits per heavy atom. The summed E-state index contributed by atoms with van der Waals surface area (Å²) in [5.41, 5.74) is 0.893. The highest BCUT2D eigenvalue weighted by Crippen LogP contribution is 2.17. The highest BCUT2D eigenvalue weighted by atomic mass is 79.9. The predicted octanol–water partition coefficient (Wildman–Crippen LogP) is 2.68. The van der Waals surface area contributed by atoms with Gasteiger partial charge in [0.2, 0.25) is 0 Å². The molecule has 7 heteroatoms. The number of rotatable bonds is 3. The van der Waals surface area contributed by atoms with Gasteiger partial charge in [0.1, 0.15) is 5.69 Å². The number of anilines is 1.